The molecule has 176 valence electrons. The van der Waals surface area contributed by atoms with E-state index in [0.29, 0.717) is 0 Å². The van der Waals surface area contributed by atoms with Crippen LogP contribution >= 0.6 is 0 Å². The van der Waals surface area contributed by atoms with Crippen LogP contribution in [-0.2, 0) is 23.7 Å². The highest BCUT2D eigenvalue weighted by Crippen LogP contribution is 2.33. The van der Waals surface area contributed by atoms with Crippen molar-refractivity contribution in [3.05, 3.63) is 23.1 Å². The third kappa shape index (κ3) is 7.35. The molecule has 1 unspecified atom stereocenters. The molecule has 0 aliphatic carbocycles. The Balaban J connectivity index is 3.28. The number of aliphatic hydroxyl groups excluding tert-OH is 2. The van der Waals surface area contributed by atoms with E-state index in [1.54, 1.807) is 20.8 Å². The number of esters is 1. The number of ether oxygens (including phenoxy) is 4. The van der Waals surface area contributed by atoms with Crippen molar-refractivity contribution in [2.24, 2.45) is 10.8 Å². The lowest BCUT2D eigenvalue weighted by Crippen LogP contribution is -2.69. The zero-order chi connectivity index (χ0) is 23.8. The maximum atomic E-state index is 12.6. The average molecular weight is 445 g/mol. The number of nitrogens with one attached hydrogen (secondary N) is 1. The number of rotatable bonds is 9. The minimum absolute atomic E-state index is 0.131. The van der Waals surface area contributed by atoms with Crippen LogP contribution in [0.2, 0.25) is 0 Å². The summed E-state index contributed by atoms with van der Waals surface area (Å²) in [7, 11) is 1.11. The SMILES string of the molecule is C=CCO[C@]1(C(=O)OC)C[C@@H](NC(=O)OC(C)(C)C)[C@@H](N)C([C@H](O)[C@H](O)CN=[N+]=[N-])O1. The van der Waals surface area contributed by atoms with E-state index in [9.17, 15) is 19.8 Å². The summed E-state index contributed by atoms with van der Waals surface area (Å²) < 4.78 is 21.3. The smallest absolute Gasteiger partial charge is 0.407 e. The Labute approximate surface area is 180 Å². The molecule has 0 bridgehead atoms. The van der Waals surface area contributed by atoms with Crippen LogP contribution in [0.5, 0.6) is 0 Å². The third-order valence-corrected chi connectivity index (χ3v) is 4.35. The topological polar surface area (TPSA) is 198 Å². The number of hydrogen-bond acceptors (Lipinski definition) is 10. The number of nitrogens with two attached hydrogens (primary N) is 1. The van der Waals surface area contributed by atoms with Crippen LogP contribution < -0.4 is 11.1 Å². The predicted molar refractivity (Wildman–Crippen MR) is 108 cm³/mol. The van der Waals surface area contributed by atoms with E-state index in [1.807, 2.05) is 0 Å². The van der Waals surface area contributed by atoms with Gasteiger partial charge in [0.2, 0.25) is 0 Å². The third-order valence-electron chi connectivity index (χ3n) is 4.35. The van der Waals surface area contributed by atoms with Gasteiger partial charge >= 0.3 is 12.1 Å². The second-order valence-corrected chi connectivity index (χ2v) is 7.93. The van der Waals surface area contributed by atoms with Gasteiger partial charge in [-0.15, -0.1) is 6.58 Å². The average Bonchev–Trinajstić information content (AvgIpc) is 2.69. The molecule has 13 heteroatoms. The Hall–Kier alpha value is -2.41. The van der Waals surface area contributed by atoms with Crippen molar-refractivity contribution in [2.45, 2.75) is 69.0 Å². The molecule has 0 spiro atoms. The van der Waals surface area contributed by atoms with Crippen LogP contribution in [0.4, 0.5) is 4.79 Å². The molecule has 1 aliphatic heterocycles. The lowest BCUT2D eigenvalue weighted by molar-refractivity contribution is -0.296. The number of methoxy groups -OCH3 is 1. The van der Waals surface area contributed by atoms with Crippen molar-refractivity contribution in [2.75, 3.05) is 20.3 Å². The summed E-state index contributed by atoms with van der Waals surface area (Å²) in [6.07, 6.45) is -4.41. The molecular weight excluding hydrogens is 414 g/mol. The molecule has 0 aromatic carbocycles. The molecule has 0 saturated carbocycles. The Kier molecular flexibility index (Phi) is 9.69. The van der Waals surface area contributed by atoms with E-state index in [-0.39, 0.29) is 13.0 Å². The summed E-state index contributed by atoms with van der Waals surface area (Å²) in [6, 6.07) is -2.09. The van der Waals surface area contributed by atoms with Gasteiger partial charge in [0.1, 0.15) is 17.8 Å². The van der Waals surface area contributed by atoms with Crippen LogP contribution in [0.1, 0.15) is 27.2 Å². The fourth-order valence-electron chi connectivity index (χ4n) is 2.98. The zero-order valence-electron chi connectivity index (χ0n) is 18.1. The van der Waals surface area contributed by atoms with Crippen LogP contribution in [0.15, 0.2) is 17.8 Å². The first-order valence-corrected chi connectivity index (χ1v) is 9.54. The van der Waals surface area contributed by atoms with Gasteiger partial charge in [0, 0.05) is 11.3 Å². The Morgan fingerprint density at radius 1 is 1.48 bits per heavy atom. The monoisotopic (exact) mass is 445 g/mol. The highest BCUT2D eigenvalue weighted by molar-refractivity contribution is 5.78. The predicted octanol–water partition coefficient (Wildman–Crippen LogP) is 0.0999. The van der Waals surface area contributed by atoms with Crippen molar-refractivity contribution in [3.8, 4) is 0 Å². The van der Waals surface area contributed by atoms with Gasteiger partial charge < -0.3 is 40.2 Å². The molecule has 1 amide bonds. The minimum atomic E-state index is -2.07. The number of nitrogens with zero attached hydrogens (tertiary/aromatic N) is 3. The molecule has 1 saturated heterocycles. The lowest BCUT2D eigenvalue weighted by atomic mass is 9.87. The zero-order valence-corrected chi connectivity index (χ0v) is 18.1. The fourth-order valence-corrected chi connectivity index (χ4v) is 2.98. The van der Waals surface area contributed by atoms with Gasteiger partial charge in [0.05, 0.1) is 38.4 Å². The van der Waals surface area contributed by atoms with Gasteiger partial charge in [-0.1, -0.05) is 11.2 Å². The number of azide groups is 1. The van der Waals surface area contributed by atoms with Crippen molar-refractivity contribution < 1.29 is 38.7 Å². The maximum Gasteiger partial charge on any atom is 0.407 e. The van der Waals surface area contributed by atoms with Gasteiger partial charge in [-0.2, -0.15) is 0 Å². The van der Waals surface area contributed by atoms with Gasteiger partial charge in [0.25, 0.3) is 5.79 Å². The fraction of sp³-hybridized carbons (Fsp3) is 0.778. The molecular formula is C18H31N5O8. The second-order valence-electron chi connectivity index (χ2n) is 7.93. The molecule has 1 aliphatic rings. The highest BCUT2D eigenvalue weighted by atomic mass is 16.7. The lowest BCUT2D eigenvalue weighted by Gasteiger charge is -2.47. The molecule has 1 rings (SSSR count). The largest absolute Gasteiger partial charge is 0.465 e. The van der Waals surface area contributed by atoms with Crippen LogP contribution in [0.25, 0.3) is 10.4 Å². The first-order chi connectivity index (χ1) is 14.4. The van der Waals surface area contributed by atoms with Crippen molar-refractivity contribution in [1.29, 1.82) is 0 Å². The maximum absolute atomic E-state index is 12.6. The summed E-state index contributed by atoms with van der Waals surface area (Å²) in [4.78, 5) is 27.4. The van der Waals surface area contributed by atoms with E-state index in [2.05, 4.69) is 21.9 Å². The molecule has 0 aromatic rings. The van der Waals surface area contributed by atoms with Crippen LogP contribution in [-0.4, -0.2) is 84.3 Å². The Bertz CT molecular complexity index is 693. The standard InChI is InChI=1S/C18H31N5O8/c1-6-7-29-18(15(26)28-5)8-10(22-16(27)31-17(2,3)4)12(19)14(30-18)13(25)11(24)9-21-23-20/h6,10-14,24-25H,1,7-9,19H2,2-5H3,(H,22,27)/t10-,11-,12-,13-,14?,18-/m1/s1. The summed E-state index contributed by atoms with van der Waals surface area (Å²) >= 11 is 0. The first kappa shape index (κ1) is 26.6. The summed E-state index contributed by atoms with van der Waals surface area (Å²) in [5, 5.41) is 26.5. The highest BCUT2D eigenvalue weighted by Gasteiger charge is 2.55. The first-order valence-electron chi connectivity index (χ1n) is 9.54. The number of carbonyl (C=O) groups excluding carboxylic acids is 2. The van der Waals surface area contributed by atoms with Gasteiger partial charge in [-0.25, -0.2) is 9.59 Å². The number of aliphatic hydroxyl groups is 2. The molecule has 31 heavy (non-hydrogen) atoms. The molecule has 5 N–H and O–H groups in total. The molecule has 0 aromatic heterocycles. The van der Waals surface area contributed by atoms with Crippen molar-refractivity contribution in [1.82, 2.24) is 5.32 Å². The molecule has 6 atom stereocenters. The summed E-state index contributed by atoms with van der Waals surface area (Å²) in [5.74, 6) is -3.01. The summed E-state index contributed by atoms with van der Waals surface area (Å²) in [6.45, 7) is 7.91. The van der Waals surface area contributed by atoms with Crippen molar-refractivity contribution in [3.63, 3.8) is 0 Å². The van der Waals surface area contributed by atoms with Crippen LogP contribution in [0, 0.1) is 0 Å². The number of carbonyl (C=O) groups is 2. The summed E-state index contributed by atoms with van der Waals surface area (Å²) in [5.41, 5.74) is 13.8. The number of amides is 1. The van der Waals surface area contributed by atoms with E-state index in [0.717, 1.165) is 7.11 Å². The number of alkyl carbamates (subject to hydrolysis) is 1. The van der Waals surface area contributed by atoms with Gasteiger partial charge in [-0.05, 0) is 26.3 Å². The van der Waals surface area contributed by atoms with E-state index >= 15 is 0 Å². The van der Waals surface area contributed by atoms with E-state index < -0.39 is 60.4 Å². The van der Waals surface area contributed by atoms with Gasteiger partial charge in [0.15, 0.2) is 0 Å². The Morgan fingerprint density at radius 2 is 2.13 bits per heavy atom. The van der Waals surface area contributed by atoms with E-state index in [4.69, 9.17) is 30.2 Å². The molecule has 1 heterocycles. The van der Waals surface area contributed by atoms with Crippen molar-refractivity contribution >= 4 is 12.1 Å². The molecule has 0 radical (unpaired) electrons. The quantitative estimate of drug-likeness (QED) is 0.125. The molecule has 13 nitrogen and oxygen atoms in total. The normalized spacial score (nSPS) is 27.9. The van der Waals surface area contributed by atoms with Gasteiger partial charge in [-0.3, -0.25) is 0 Å². The second kappa shape index (κ2) is 11.3. The minimum Gasteiger partial charge on any atom is -0.465 e. The Morgan fingerprint density at radius 3 is 2.65 bits per heavy atom. The van der Waals surface area contributed by atoms with Crippen LogP contribution in [0.3, 0.4) is 0 Å². The van der Waals surface area contributed by atoms with E-state index in [1.165, 1.54) is 6.08 Å². The molecule has 1 fully saturated rings. The number of hydrogen-bond donors (Lipinski definition) is 4.